The molecule has 4 N–H and O–H groups in total. The van der Waals surface area contributed by atoms with Gasteiger partial charge < -0.3 is 10.8 Å². The lowest BCUT2D eigenvalue weighted by molar-refractivity contribution is -0.138. The zero-order valence-corrected chi connectivity index (χ0v) is 11.4. The van der Waals surface area contributed by atoms with Crippen LogP contribution in [0.2, 0.25) is 0 Å². The Kier molecular flexibility index (Phi) is 4.66. The first-order valence-electron chi connectivity index (χ1n) is 6.72. The summed E-state index contributed by atoms with van der Waals surface area (Å²) in [5, 5.41) is 9.64. The summed E-state index contributed by atoms with van der Waals surface area (Å²) in [7, 11) is 0. The van der Waals surface area contributed by atoms with Crippen LogP contribution >= 0.6 is 0 Å². The smallest absolute Gasteiger partial charge is 0.320 e. The lowest BCUT2D eigenvalue weighted by atomic mass is 10.1. The van der Waals surface area contributed by atoms with E-state index < -0.39 is 12.0 Å². The minimum atomic E-state index is -1.02. The number of fused-ring (bicyclic) bond motifs is 1. The fraction of sp³-hybridized carbons (Fsp3) is 0.357. The molecule has 0 unspecified atom stereocenters. The predicted octanol–water partition coefficient (Wildman–Crippen LogP) is 0.369. The molecule has 1 aromatic carbocycles. The highest BCUT2D eigenvalue weighted by molar-refractivity contribution is 6.20. The minimum absolute atomic E-state index is 0.360. The van der Waals surface area contributed by atoms with Crippen LogP contribution in [0.5, 0.6) is 0 Å². The number of carbonyl (C=O) groups excluding carboxylic acids is 2. The van der Waals surface area contributed by atoms with Crippen molar-refractivity contribution < 1.29 is 19.5 Å². The fourth-order valence-electron chi connectivity index (χ4n) is 2.14. The summed E-state index contributed by atoms with van der Waals surface area (Å²) in [5.41, 5.74) is 8.94. The van der Waals surface area contributed by atoms with Crippen LogP contribution in [0.25, 0.3) is 0 Å². The van der Waals surface area contributed by atoms with E-state index in [4.69, 9.17) is 10.8 Å². The molecule has 0 fully saturated rings. The highest BCUT2D eigenvalue weighted by Gasteiger charge is 2.34. The van der Waals surface area contributed by atoms with E-state index in [1.54, 1.807) is 24.3 Å². The summed E-state index contributed by atoms with van der Waals surface area (Å²) < 4.78 is 0. The van der Waals surface area contributed by atoms with Crippen molar-refractivity contribution >= 4 is 17.8 Å². The van der Waals surface area contributed by atoms with Crippen LogP contribution in [-0.4, -0.2) is 40.5 Å². The number of imide groups is 1. The molecule has 1 aliphatic heterocycles. The Morgan fingerprint density at radius 1 is 1.19 bits per heavy atom. The zero-order valence-electron chi connectivity index (χ0n) is 11.4. The topological polar surface area (TPSA) is 113 Å². The third-order valence-electron chi connectivity index (χ3n) is 3.32. The van der Waals surface area contributed by atoms with E-state index in [-0.39, 0.29) is 11.8 Å². The number of carboxylic acid groups (broad SMARTS) is 1. The van der Waals surface area contributed by atoms with Crippen molar-refractivity contribution in [2.24, 2.45) is 5.73 Å². The third-order valence-corrected chi connectivity index (χ3v) is 3.32. The molecule has 112 valence electrons. The molecule has 1 aromatic rings. The zero-order chi connectivity index (χ0) is 15.4. The summed E-state index contributed by atoms with van der Waals surface area (Å²) >= 11 is 0. The van der Waals surface area contributed by atoms with E-state index in [1.807, 2.05) is 0 Å². The predicted molar refractivity (Wildman–Crippen MR) is 74.4 cm³/mol. The highest BCUT2D eigenvalue weighted by Crippen LogP contribution is 2.20. The van der Waals surface area contributed by atoms with Crippen LogP contribution in [-0.2, 0) is 4.79 Å². The Bertz CT molecular complexity index is 538. The summed E-state index contributed by atoms with van der Waals surface area (Å²) in [4.78, 5) is 34.6. The molecule has 0 aliphatic carbocycles. The molecule has 0 aromatic heterocycles. The number of hydrogen-bond acceptors (Lipinski definition) is 5. The summed E-state index contributed by atoms with van der Waals surface area (Å²) in [5.74, 6) is -1.75. The van der Waals surface area contributed by atoms with Gasteiger partial charge in [-0.25, -0.2) is 10.4 Å². The maximum absolute atomic E-state index is 12.0. The number of hydrogen-bond donors (Lipinski definition) is 3. The van der Waals surface area contributed by atoms with Crippen molar-refractivity contribution in [3.05, 3.63) is 35.4 Å². The Balaban J connectivity index is 1.79. The molecule has 2 amide bonds. The van der Waals surface area contributed by atoms with Crippen LogP contribution < -0.4 is 11.2 Å². The number of nitrogens with zero attached hydrogens (tertiary/aromatic N) is 1. The van der Waals surface area contributed by atoms with Crippen LogP contribution in [0.15, 0.2) is 24.3 Å². The lowest BCUT2D eigenvalue weighted by Gasteiger charge is -2.15. The molecule has 2 rings (SSSR count). The number of rotatable bonds is 7. The molecule has 0 spiro atoms. The minimum Gasteiger partial charge on any atom is -0.480 e. The SMILES string of the molecule is N[C@@H](CCCCNN1C(=O)c2ccccc2C1=O)C(=O)O. The van der Waals surface area contributed by atoms with Gasteiger partial charge in [-0.2, -0.15) is 0 Å². The van der Waals surface area contributed by atoms with Gasteiger partial charge in [0.1, 0.15) is 6.04 Å². The van der Waals surface area contributed by atoms with Gasteiger partial charge in [-0.05, 0) is 31.4 Å². The number of nitrogens with one attached hydrogen (secondary N) is 1. The van der Waals surface area contributed by atoms with Gasteiger partial charge in [-0.1, -0.05) is 12.1 Å². The Morgan fingerprint density at radius 3 is 2.29 bits per heavy atom. The van der Waals surface area contributed by atoms with Gasteiger partial charge in [0.15, 0.2) is 0 Å². The molecular weight excluding hydrogens is 274 g/mol. The second-order valence-corrected chi connectivity index (χ2v) is 4.84. The van der Waals surface area contributed by atoms with E-state index in [0.29, 0.717) is 36.9 Å². The maximum atomic E-state index is 12.0. The van der Waals surface area contributed by atoms with Gasteiger partial charge in [0, 0.05) is 6.54 Å². The molecule has 0 radical (unpaired) electrons. The Labute approximate surface area is 121 Å². The quantitative estimate of drug-likeness (QED) is 0.494. The first-order chi connectivity index (χ1) is 10.0. The second-order valence-electron chi connectivity index (χ2n) is 4.84. The van der Waals surface area contributed by atoms with Gasteiger partial charge in [-0.15, -0.1) is 0 Å². The monoisotopic (exact) mass is 291 g/mol. The number of benzene rings is 1. The normalized spacial score (nSPS) is 15.2. The molecule has 21 heavy (non-hydrogen) atoms. The van der Waals surface area contributed by atoms with Crippen LogP contribution in [0.4, 0.5) is 0 Å². The van der Waals surface area contributed by atoms with Crippen molar-refractivity contribution in [3.63, 3.8) is 0 Å². The maximum Gasteiger partial charge on any atom is 0.320 e. The van der Waals surface area contributed by atoms with E-state index in [0.717, 1.165) is 5.01 Å². The van der Waals surface area contributed by atoms with Crippen molar-refractivity contribution in [3.8, 4) is 0 Å². The van der Waals surface area contributed by atoms with Gasteiger partial charge >= 0.3 is 5.97 Å². The Morgan fingerprint density at radius 2 is 1.76 bits per heavy atom. The second kappa shape index (κ2) is 6.47. The van der Waals surface area contributed by atoms with E-state index in [9.17, 15) is 14.4 Å². The van der Waals surface area contributed by atoms with Gasteiger partial charge in [0.2, 0.25) is 0 Å². The standard InChI is InChI=1S/C14H17N3O4/c15-11(14(20)21)7-3-4-8-16-17-12(18)9-5-1-2-6-10(9)13(17)19/h1-2,5-6,11,16H,3-4,7-8,15H2,(H,20,21)/t11-/m0/s1. The van der Waals surface area contributed by atoms with Gasteiger partial charge in [0.05, 0.1) is 11.1 Å². The van der Waals surface area contributed by atoms with E-state index >= 15 is 0 Å². The third kappa shape index (κ3) is 3.26. The average Bonchev–Trinajstić information content (AvgIpc) is 2.71. The first kappa shape index (κ1) is 15.1. The van der Waals surface area contributed by atoms with Crippen molar-refractivity contribution in [1.29, 1.82) is 0 Å². The van der Waals surface area contributed by atoms with E-state index in [2.05, 4.69) is 5.43 Å². The van der Waals surface area contributed by atoms with Gasteiger partial charge in [0.25, 0.3) is 11.8 Å². The first-order valence-corrected chi connectivity index (χ1v) is 6.72. The Hall–Kier alpha value is -2.25. The lowest BCUT2D eigenvalue weighted by Crippen LogP contribution is -2.42. The number of nitrogens with two attached hydrogens (primary N) is 1. The number of unbranched alkanes of at least 4 members (excludes halogenated alkanes) is 1. The summed E-state index contributed by atoms with van der Waals surface area (Å²) in [6.45, 7) is 0.401. The molecule has 7 nitrogen and oxygen atoms in total. The van der Waals surface area contributed by atoms with Crippen LogP contribution in [0.3, 0.4) is 0 Å². The van der Waals surface area contributed by atoms with Crippen molar-refractivity contribution in [2.75, 3.05) is 6.54 Å². The van der Waals surface area contributed by atoms with Gasteiger partial charge in [-0.3, -0.25) is 14.4 Å². The van der Waals surface area contributed by atoms with Crippen LogP contribution in [0, 0.1) is 0 Å². The number of aliphatic carboxylic acids is 1. The fourth-order valence-corrected chi connectivity index (χ4v) is 2.14. The molecular formula is C14H17N3O4. The number of carboxylic acids is 1. The number of hydrazine groups is 1. The molecule has 0 saturated heterocycles. The summed E-state index contributed by atoms with van der Waals surface area (Å²) in [6, 6.07) is 5.78. The molecule has 1 aliphatic rings. The molecule has 1 heterocycles. The van der Waals surface area contributed by atoms with Crippen LogP contribution in [0.1, 0.15) is 40.0 Å². The van der Waals surface area contributed by atoms with Crippen molar-refractivity contribution in [2.45, 2.75) is 25.3 Å². The highest BCUT2D eigenvalue weighted by atomic mass is 16.4. The van der Waals surface area contributed by atoms with E-state index in [1.165, 1.54) is 0 Å². The number of amides is 2. The molecule has 0 bridgehead atoms. The largest absolute Gasteiger partial charge is 0.480 e. The van der Waals surface area contributed by atoms with Crippen molar-refractivity contribution in [1.82, 2.24) is 10.4 Å². The average molecular weight is 291 g/mol. The molecule has 1 atom stereocenters. The molecule has 0 saturated carbocycles. The molecule has 7 heteroatoms. The summed E-state index contributed by atoms with van der Waals surface area (Å²) in [6.07, 6.45) is 1.58. The number of carbonyl (C=O) groups is 3.